The second-order valence-corrected chi connectivity index (χ2v) is 8.73. The molecule has 1 saturated heterocycles. The summed E-state index contributed by atoms with van der Waals surface area (Å²) >= 11 is 0. The summed E-state index contributed by atoms with van der Waals surface area (Å²) in [5, 5.41) is 6.10. The number of unbranched alkanes of at least 4 members (excludes halogenated alkanes) is 1. The van der Waals surface area contributed by atoms with Crippen molar-refractivity contribution >= 4 is 28.9 Å². The number of rotatable bonds is 10. The molecule has 1 aromatic heterocycles. The van der Waals surface area contributed by atoms with Crippen LogP contribution in [0.5, 0.6) is 0 Å². The van der Waals surface area contributed by atoms with Gasteiger partial charge in [-0.25, -0.2) is 4.98 Å². The third-order valence-electron chi connectivity index (χ3n) is 6.10. The van der Waals surface area contributed by atoms with Gasteiger partial charge in [-0.1, -0.05) is 24.6 Å². The van der Waals surface area contributed by atoms with Crippen LogP contribution in [0.4, 0.5) is 17.2 Å². The third-order valence-corrected chi connectivity index (χ3v) is 6.10. The summed E-state index contributed by atoms with van der Waals surface area (Å²) in [4.78, 5) is 31.7. The number of hydrogen-bond acceptors (Lipinski definition) is 5. The SMILES string of the molecule is O=C(CCCCN1CCCCC1)c1cccc(Nc2ccc(C(=O)Nc3ccccn3)cc2)c1. The second-order valence-electron chi connectivity index (χ2n) is 8.73. The molecule has 0 aliphatic carbocycles. The monoisotopic (exact) mass is 456 g/mol. The van der Waals surface area contributed by atoms with Gasteiger partial charge < -0.3 is 15.5 Å². The Morgan fingerprint density at radius 1 is 0.824 bits per heavy atom. The number of pyridine rings is 1. The van der Waals surface area contributed by atoms with E-state index in [1.807, 2.05) is 42.5 Å². The average Bonchev–Trinajstić information content (AvgIpc) is 2.88. The molecule has 1 aliphatic heterocycles. The molecule has 0 saturated carbocycles. The number of aromatic nitrogens is 1. The zero-order valence-electron chi connectivity index (χ0n) is 19.5. The van der Waals surface area contributed by atoms with E-state index in [2.05, 4.69) is 20.5 Å². The summed E-state index contributed by atoms with van der Waals surface area (Å²) in [6, 6.07) is 20.2. The second kappa shape index (κ2) is 12.1. The Morgan fingerprint density at radius 3 is 2.41 bits per heavy atom. The standard InChI is InChI=1S/C28H32N4O2/c33-26(11-3-7-20-32-18-5-1-6-19-32)23-9-8-10-25(21-23)30-24-15-13-22(14-16-24)28(34)31-27-12-2-4-17-29-27/h2,4,8-10,12-17,21,30H,1,3,5-7,11,18-20H2,(H,29,31,34). The van der Waals surface area contributed by atoms with E-state index >= 15 is 0 Å². The van der Waals surface area contributed by atoms with Crippen molar-refractivity contribution in [2.45, 2.75) is 38.5 Å². The zero-order valence-corrected chi connectivity index (χ0v) is 19.5. The predicted octanol–water partition coefficient (Wildman–Crippen LogP) is 5.92. The van der Waals surface area contributed by atoms with Crippen LogP contribution in [0.25, 0.3) is 0 Å². The number of carbonyl (C=O) groups excluding carboxylic acids is 2. The lowest BCUT2D eigenvalue weighted by Crippen LogP contribution is -2.30. The molecule has 2 N–H and O–H groups in total. The Hall–Kier alpha value is -3.51. The lowest BCUT2D eigenvalue weighted by Gasteiger charge is -2.26. The normalized spacial score (nSPS) is 13.9. The topological polar surface area (TPSA) is 74.3 Å². The van der Waals surface area contributed by atoms with E-state index in [9.17, 15) is 9.59 Å². The zero-order chi connectivity index (χ0) is 23.6. The number of ketones is 1. The molecule has 34 heavy (non-hydrogen) atoms. The summed E-state index contributed by atoms with van der Waals surface area (Å²) in [7, 11) is 0. The van der Waals surface area contributed by atoms with E-state index in [4.69, 9.17) is 0 Å². The van der Waals surface area contributed by atoms with Gasteiger partial charge in [0.25, 0.3) is 5.91 Å². The van der Waals surface area contributed by atoms with Crippen molar-refractivity contribution in [1.29, 1.82) is 0 Å². The van der Waals surface area contributed by atoms with Crippen LogP contribution in [-0.2, 0) is 0 Å². The highest BCUT2D eigenvalue weighted by Crippen LogP contribution is 2.20. The van der Waals surface area contributed by atoms with Crippen LogP contribution in [-0.4, -0.2) is 41.2 Å². The molecule has 0 spiro atoms. The lowest BCUT2D eigenvalue weighted by molar-refractivity contribution is 0.0976. The Kier molecular flexibility index (Phi) is 8.41. The maximum Gasteiger partial charge on any atom is 0.256 e. The van der Waals surface area contributed by atoms with Crippen molar-refractivity contribution < 1.29 is 9.59 Å². The third kappa shape index (κ3) is 6.99. The van der Waals surface area contributed by atoms with E-state index in [0.717, 1.165) is 36.3 Å². The molecule has 1 amide bonds. The number of Topliss-reactive ketones (excluding diaryl/α,β-unsaturated/α-hetero) is 1. The first-order chi connectivity index (χ1) is 16.7. The van der Waals surface area contributed by atoms with Gasteiger partial charge in [0.05, 0.1) is 0 Å². The van der Waals surface area contributed by atoms with Crippen molar-refractivity contribution in [2.24, 2.45) is 0 Å². The quantitative estimate of drug-likeness (QED) is 0.293. The number of piperidine rings is 1. The van der Waals surface area contributed by atoms with Crippen LogP contribution >= 0.6 is 0 Å². The van der Waals surface area contributed by atoms with Gasteiger partial charge in [-0.3, -0.25) is 9.59 Å². The van der Waals surface area contributed by atoms with Gasteiger partial charge in [-0.05, 0) is 93.8 Å². The summed E-state index contributed by atoms with van der Waals surface area (Å²) in [5.74, 6) is 0.490. The molecular formula is C28H32N4O2. The van der Waals surface area contributed by atoms with Crippen molar-refractivity contribution in [2.75, 3.05) is 30.3 Å². The minimum atomic E-state index is -0.210. The molecule has 6 nitrogen and oxygen atoms in total. The average molecular weight is 457 g/mol. The molecule has 0 bridgehead atoms. The molecule has 1 aliphatic rings. The van der Waals surface area contributed by atoms with Crippen LogP contribution in [0.15, 0.2) is 72.9 Å². The fourth-order valence-corrected chi connectivity index (χ4v) is 4.22. The molecule has 6 heteroatoms. The molecule has 0 atom stereocenters. The van der Waals surface area contributed by atoms with Crippen LogP contribution in [0.1, 0.15) is 59.2 Å². The fraction of sp³-hybridized carbons (Fsp3) is 0.321. The predicted molar refractivity (Wildman–Crippen MR) is 137 cm³/mol. The number of hydrogen-bond donors (Lipinski definition) is 2. The first-order valence-electron chi connectivity index (χ1n) is 12.1. The largest absolute Gasteiger partial charge is 0.356 e. The summed E-state index contributed by atoms with van der Waals surface area (Å²) in [6.45, 7) is 3.51. The molecule has 176 valence electrons. The molecule has 0 unspecified atom stereocenters. The number of amides is 1. The highest BCUT2D eigenvalue weighted by molar-refractivity contribution is 6.04. The Bertz CT molecular complexity index is 1080. The Balaban J connectivity index is 1.26. The van der Waals surface area contributed by atoms with Crippen LogP contribution < -0.4 is 10.6 Å². The number of anilines is 3. The van der Waals surface area contributed by atoms with Gasteiger partial charge in [0.2, 0.25) is 0 Å². The van der Waals surface area contributed by atoms with Crippen molar-refractivity contribution in [1.82, 2.24) is 9.88 Å². The minimum Gasteiger partial charge on any atom is -0.356 e. The number of likely N-dealkylation sites (tertiary alicyclic amines) is 1. The van der Waals surface area contributed by atoms with Crippen LogP contribution in [0.2, 0.25) is 0 Å². The van der Waals surface area contributed by atoms with E-state index in [1.165, 1.54) is 32.4 Å². The van der Waals surface area contributed by atoms with Gasteiger partial charge in [-0.15, -0.1) is 0 Å². The van der Waals surface area contributed by atoms with E-state index in [-0.39, 0.29) is 11.7 Å². The number of nitrogens with one attached hydrogen (secondary N) is 2. The first-order valence-corrected chi connectivity index (χ1v) is 12.1. The van der Waals surface area contributed by atoms with Gasteiger partial charge in [-0.2, -0.15) is 0 Å². The highest BCUT2D eigenvalue weighted by atomic mass is 16.1. The maximum atomic E-state index is 12.7. The molecule has 3 aromatic rings. The van der Waals surface area contributed by atoms with Crippen molar-refractivity contribution in [3.8, 4) is 0 Å². The molecule has 1 fully saturated rings. The Labute approximate surface area is 201 Å². The van der Waals surface area contributed by atoms with E-state index in [0.29, 0.717) is 17.8 Å². The van der Waals surface area contributed by atoms with Gasteiger partial charge >= 0.3 is 0 Å². The molecular weight excluding hydrogens is 424 g/mol. The van der Waals surface area contributed by atoms with Gasteiger partial charge in [0, 0.05) is 35.1 Å². The fourth-order valence-electron chi connectivity index (χ4n) is 4.22. The maximum absolute atomic E-state index is 12.7. The highest BCUT2D eigenvalue weighted by Gasteiger charge is 2.11. The summed E-state index contributed by atoms with van der Waals surface area (Å²) < 4.78 is 0. The van der Waals surface area contributed by atoms with Gasteiger partial charge in [0.1, 0.15) is 5.82 Å². The van der Waals surface area contributed by atoms with Crippen molar-refractivity contribution in [3.63, 3.8) is 0 Å². The van der Waals surface area contributed by atoms with E-state index < -0.39 is 0 Å². The molecule has 2 heterocycles. The van der Waals surface area contributed by atoms with Crippen LogP contribution in [0, 0.1) is 0 Å². The lowest BCUT2D eigenvalue weighted by atomic mass is 10.0. The molecule has 2 aromatic carbocycles. The van der Waals surface area contributed by atoms with E-state index in [1.54, 1.807) is 30.5 Å². The summed E-state index contributed by atoms with van der Waals surface area (Å²) in [5.41, 5.74) is 2.98. The molecule has 0 radical (unpaired) electrons. The van der Waals surface area contributed by atoms with Crippen molar-refractivity contribution in [3.05, 3.63) is 84.1 Å². The number of carbonyl (C=O) groups is 2. The number of nitrogens with zero attached hydrogens (tertiary/aromatic N) is 2. The van der Waals surface area contributed by atoms with Gasteiger partial charge in [0.15, 0.2) is 5.78 Å². The minimum absolute atomic E-state index is 0.184. The number of benzene rings is 2. The van der Waals surface area contributed by atoms with Crippen LogP contribution in [0.3, 0.4) is 0 Å². The molecule has 4 rings (SSSR count). The smallest absolute Gasteiger partial charge is 0.256 e. The summed E-state index contributed by atoms with van der Waals surface area (Å²) in [6.07, 6.45) is 8.18. The Morgan fingerprint density at radius 2 is 1.65 bits per heavy atom. The first kappa shape index (κ1) is 23.6.